The SMILES string of the molecule is O=C(COC(=O)c1ccc(CN2CCCC2=O)cc1)NCCc1cccs1. The first-order chi connectivity index (χ1) is 13.1. The normalized spacial score (nSPS) is 13.6. The topological polar surface area (TPSA) is 75.7 Å². The van der Waals surface area contributed by atoms with Gasteiger partial charge in [-0.05, 0) is 42.0 Å². The fourth-order valence-electron chi connectivity index (χ4n) is 2.88. The molecule has 0 spiro atoms. The highest BCUT2D eigenvalue weighted by atomic mass is 32.1. The lowest BCUT2D eigenvalue weighted by molar-refractivity contribution is -0.128. The van der Waals surface area contributed by atoms with Gasteiger partial charge in [0, 0.05) is 30.9 Å². The van der Waals surface area contributed by atoms with Crippen molar-refractivity contribution >= 4 is 29.1 Å². The molecule has 0 unspecified atom stereocenters. The van der Waals surface area contributed by atoms with Crippen LogP contribution in [0.25, 0.3) is 0 Å². The Bertz CT molecular complexity index is 787. The first-order valence-electron chi connectivity index (χ1n) is 8.95. The second kappa shape index (κ2) is 9.32. The zero-order valence-corrected chi connectivity index (χ0v) is 15.8. The molecule has 2 heterocycles. The number of thiophene rings is 1. The number of esters is 1. The lowest BCUT2D eigenvalue weighted by Gasteiger charge is -2.15. The van der Waals surface area contributed by atoms with Crippen molar-refractivity contribution in [2.45, 2.75) is 25.8 Å². The number of hydrogen-bond donors (Lipinski definition) is 1. The molecule has 0 atom stereocenters. The van der Waals surface area contributed by atoms with Gasteiger partial charge in [0.25, 0.3) is 5.91 Å². The van der Waals surface area contributed by atoms with Crippen LogP contribution in [-0.2, 0) is 27.3 Å². The fraction of sp³-hybridized carbons (Fsp3) is 0.350. The summed E-state index contributed by atoms with van der Waals surface area (Å²) in [5.74, 6) is -0.681. The molecule has 7 heteroatoms. The van der Waals surface area contributed by atoms with E-state index in [4.69, 9.17) is 4.74 Å². The lowest BCUT2D eigenvalue weighted by atomic mass is 10.1. The predicted octanol–water partition coefficient (Wildman–Crippen LogP) is 2.39. The average Bonchev–Trinajstić information content (AvgIpc) is 3.33. The Balaban J connectivity index is 1.39. The maximum atomic E-state index is 12.1. The minimum absolute atomic E-state index is 0.170. The summed E-state index contributed by atoms with van der Waals surface area (Å²) in [6, 6.07) is 10.9. The van der Waals surface area contributed by atoms with E-state index in [1.165, 1.54) is 4.88 Å². The molecule has 6 nitrogen and oxygen atoms in total. The smallest absolute Gasteiger partial charge is 0.338 e. The molecule has 1 saturated heterocycles. The minimum atomic E-state index is -0.535. The molecule has 1 N–H and O–H groups in total. The van der Waals surface area contributed by atoms with Gasteiger partial charge in [-0.1, -0.05) is 18.2 Å². The predicted molar refractivity (Wildman–Crippen MR) is 102 cm³/mol. The van der Waals surface area contributed by atoms with Crippen molar-refractivity contribution in [2.75, 3.05) is 19.7 Å². The molecule has 2 amide bonds. The van der Waals surface area contributed by atoms with Gasteiger partial charge in [-0.15, -0.1) is 11.3 Å². The van der Waals surface area contributed by atoms with E-state index < -0.39 is 5.97 Å². The molecule has 0 aliphatic carbocycles. The van der Waals surface area contributed by atoms with Gasteiger partial charge in [0.2, 0.25) is 5.91 Å². The van der Waals surface area contributed by atoms with Gasteiger partial charge in [-0.3, -0.25) is 9.59 Å². The molecule has 3 rings (SSSR count). The number of carbonyl (C=O) groups excluding carboxylic acids is 3. The summed E-state index contributed by atoms with van der Waals surface area (Å²) in [5.41, 5.74) is 1.35. The van der Waals surface area contributed by atoms with Crippen LogP contribution in [0.15, 0.2) is 41.8 Å². The maximum Gasteiger partial charge on any atom is 0.338 e. The van der Waals surface area contributed by atoms with Crippen LogP contribution in [0.3, 0.4) is 0 Å². The molecule has 1 aromatic carbocycles. The molecule has 0 saturated carbocycles. The number of ether oxygens (including phenoxy) is 1. The number of benzene rings is 1. The van der Waals surface area contributed by atoms with Crippen molar-refractivity contribution in [3.63, 3.8) is 0 Å². The van der Waals surface area contributed by atoms with Gasteiger partial charge in [0.05, 0.1) is 5.56 Å². The zero-order chi connectivity index (χ0) is 19.1. The molecular weight excluding hydrogens is 364 g/mol. The molecule has 1 aliphatic rings. The summed E-state index contributed by atoms with van der Waals surface area (Å²) in [4.78, 5) is 38.5. The molecule has 1 aromatic heterocycles. The summed E-state index contributed by atoms with van der Waals surface area (Å²) >= 11 is 1.64. The van der Waals surface area contributed by atoms with E-state index in [1.807, 2.05) is 34.5 Å². The van der Waals surface area contributed by atoms with Crippen LogP contribution in [0.4, 0.5) is 0 Å². The third kappa shape index (κ3) is 5.65. The lowest BCUT2D eigenvalue weighted by Crippen LogP contribution is -2.30. The molecule has 2 aromatic rings. The Morgan fingerprint density at radius 2 is 2.00 bits per heavy atom. The van der Waals surface area contributed by atoms with E-state index in [-0.39, 0.29) is 18.4 Å². The van der Waals surface area contributed by atoms with E-state index in [0.717, 1.165) is 24.9 Å². The van der Waals surface area contributed by atoms with Crippen LogP contribution in [0, 0.1) is 0 Å². The number of amides is 2. The molecule has 1 aliphatic heterocycles. The van der Waals surface area contributed by atoms with E-state index in [1.54, 1.807) is 23.5 Å². The zero-order valence-electron chi connectivity index (χ0n) is 15.0. The standard InChI is InChI=1S/C20H22N2O4S/c23-18(21-10-9-17-3-2-12-27-17)14-26-20(25)16-7-5-15(6-8-16)13-22-11-1-4-19(22)24/h2-3,5-8,12H,1,4,9-11,13-14H2,(H,21,23). The Labute approximate surface area is 162 Å². The highest BCUT2D eigenvalue weighted by molar-refractivity contribution is 7.09. The number of carbonyl (C=O) groups is 3. The Kier molecular flexibility index (Phi) is 6.59. The maximum absolute atomic E-state index is 12.1. The van der Waals surface area contributed by atoms with Crippen LogP contribution in [0.2, 0.25) is 0 Å². The molecular formula is C20H22N2O4S. The Morgan fingerprint density at radius 1 is 1.19 bits per heavy atom. The van der Waals surface area contributed by atoms with Crippen molar-refractivity contribution in [1.82, 2.24) is 10.2 Å². The van der Waals surface area contributed by atoms with Gasteiger partial charge in [0.1, 0.15) is 0 Å². The molecule has 0 radical (unpaired) electrons. The quantitative estimate of drug-likeness (QED) is 0.707. The van der Waals surface area contributed by atoms with Crippen LogP contribution >= 0.6 is 11.3 Å². The van der Waals surface area contributed by atoms with E-state index in [9.17, 15) is 14.4 Å². The van der Waals surface area contributed by atoms with Gasteiger partial charge in [-0.25, -0.2) is 4.79 Å². The van der Waals surface area contributed by atoms with Crippen molar-refractivity contribution in [3.05, 3.63) is 57.8 Å². The van der Waals surface area contributed by atoms with Gasteiger partial charge in [-0.2, -0.15) is 0 Å². The third-order valence-corrected chi connectivity index (χ3v) is 5.28. The second-order valence-electron chi connectivity index (χ2n) is 6.37. The van der Waals surface area contributed by atoms with E-state index >= 15 is 0 Å². The minimum Gasteiger partial charge on any atom is -0.452 e. The van der Waals surface area contributed by atoms with Gasteiger partial charge < -0.3 is 15.0 Å². The summed E-state index contributed by atoms with van der Waals surface area (Å²) in [5, 5.41) is 4.73. The van der Waals surface area contributed by atoms with Crippen molar-refractivity contribution < 1.29 is 19.1 Å². The Hall–Kier alpha value is -2.67. The summed E-state index contributed by atoms with van der Waals surface area (Å²) in [6.45, 7) is 1.55. The number of likely N-dealkylation sites (tertiary alicyclic amines) is 1. The molecule has 142 valence electrons. The first kappa shape index (κ1) is 19.1. The summed E-state index contributed by atoms with van der Waals surface area (Å²) in [6.07, 6.45) is 2.27. The third-order valence-electron chi connectivity index (χ3n) is 4.34. The second-order valence-corrected chi connectivity index (χ2v) is 7.40. The van der Waals surface area contributed by atoms with Crippen molar-refractivity contribution in [1.29, 1.82) is 0 Å². The van der Waals surface area contributed by atoms with Crippen molar-refractivity contribution in [3.8, 4) is 0 Å². The van der Waals surface area contributed by atoms with E-state index in [0.29, 0.717) is 25.1 Å². The van der Waals surface area contributed by atoms with Crippen LogP contribution in [0.5, 0.6) is 0 Å². The van der Waals surface area contributed by atoms with Crippen LogP contribution in [-0.4, -0.2) is 42.4 Å². The monoisotopic (exact) mass is 386 g/mol. The Morgan fingerprint density at radius 3 is 2.67 bits per heavy atom. The van der Waals surface area contributed by atoms with Crippen LogP contribution in [0.1, 0.15) is 33.6 Å². The fourth-order valence-corrected chi connectivity index (χ4v) is 3.59. The number of nitrogens with zero attached hydrogens (tertiary/aromatic N) is 1. The average molecular weight is 386 g/mol. The molecule has 1 fully saturated rings. The highest BCUT2D eigenvalue weighted by Gasteiger charge is 2.20. The van der Waals surface area contributed by atoms with Crippen molar-refractivity contribution in [2.24, 2.45) is 0 Å². The highest BCUT2D eigenvalue weighted by Crippen LogP contribution is 2.15. The molecule has 0 bridgehead atoms. The van der Waals surface area contributed by atoms with Gasteiger partial charge >= 0.3 is 5.97 Å². The first-order valence-corrected chi connectivity index (χ1v) is 9.83. The number of nitrogens with one attached hydrogen (secondary N) is 1. The number of hydrogen-bond acceptors (Lipinski definition) is 5. The number of rotatable bonds is 8. The van der Waals surface area contributed by atoms with Crippen LogP contribution < -0.4 is 5.32 Å². The van der Waals surface area contributed by atoms with Gasteiger partial charge in [0.15, 0.2) is 6.61 Å². The summed E-state index contributed by atoms with van der Waals surface area (Å²) in [7, 11) is 0. The van der Waals surface area contributed by atoms with E-state index in [2.05, 4.69) is 5.32 Å². The molecule has 27 heavy (non-hydrogen) atoms. The summed E-state index contributed by atoms with van der Waals surface area (Å²) < 4.78 is 5.06. The largest absolute Gasteiger partial charge is 0.452 e.